The van der Waals surface area contributed by atoms with Crippen molar-refractivity contribution in [2.75, 3.05) is 30.0 Å². The van der Waals surface area contributed by atoms with Crippen LogP contribution in [0.15, 0.2) is 6.20 Å². The van der Waals surface area contributed by atoms with Crippen molar-refractivity contribution >= 4 is 29.2 Å². The number of nitro groups is 1. The van der Waals surface area contributed by atoms with E-state index in [1.54, 1.807) is 7.05 Å². The molecule has 1 aromatic heterocycles. The molecular formula is C10H15N5O2S. The van der Waals surface area contributed by atoms with Crippen LogP contribution in [0.25, 0.3) is 0 Å². The van der Waals surface area contributed by atoms with E-state index in [4.69, 9.17) is 0 Å². The first-order valence-electron chi connectivity index (χ1n) is 5.75. The monoisotopic (exact) mass is 269 g/mol. The third kappa shape index (κ3) is 3.00. The van der Waals surface area contributed by atoms with Gasteiger partial charge in [-0.2, -0.15) is 16.7 Å². The Labute approximate surface area is 109 Å². The summed E-state index contributed by atoms with van der Waals surface area (Å²) < 4.78 is 0. The van der Waals surface area contributed by atoms with Gasteiger partial charge >= 0.3 is 5.69 Å². The van der Waals surface area contributed by atoms with Crippen LogP contribution < -0.4 is 10.6 Å². The molecule has 2 heterocycles. The zero-order chi connectivity index (χ0) is 13.0. The van der Waals surface area contributed by atoms with Gasteiger partial charge in [-0.3, -0.25) is 10.1 Å². The summed E-state index contributed by atoms with van der Waals surface area (Å²) in [5, 5.41) is 17.2. The van der Waals surface area contributed by atoms with Gasteiger partial charge in [0.25, 0.3) is 0 Å². The quantitative estimate of drug-likeness (QED) is 0.621. The maximum atomic E-state index is 10.9. The SMILES string of the molecule is CNc1ncc([N+](=O)[O-])c(NCC2CCCS2)n1. The van der Waals surface area contributed by atoms with Gasteiger partial charge in [0.1, 0.15) is 6.20 Å². The number of hydrogen-bond acceptors (Lipinski definition) is 7. The molecule has 18 heavy (non-hydrogen) atoms. The highest BCUT2D eigenvalue weighted by Crippen LogP contribution is 2.28. The normalized spacial score (nSPS) is 18.6. The van der Waals surface area contributed by atoms with Crippen molar-refractivity contribution in [1.82, 2.24) is 9.97 Å². The molecule has 1 aromatic rings. The lowest BCUT2D eigenvalue weighted by atomic mass is 10.2. The van der Waals surface area contributed by atoms with Crippen LogP contribution in [0, 0.1) is 10.1 Å². The summed E-state index contributed by atoms with van der Waals surface area (Å²) in [4.78, 5) is 18.3. The van der Waals surface area contributed by atoms with Gasteiger partial charge in [-0.1, -0.05) is 0 Å². The summed E-state index contributed by atoms with van der Waals surface area (Å²) in [6, 6.07) is 0. The third-order valence-electron chi connectivity index (χ3n) is 2.71. The molecule has 0 bridgehead atoms. The highest BCUT2D eigenvalue weighted by Gasteiger charge is 2.20. The molecular weight excluding hydrogens is 254 g/mol. The van der Waals surface area contributed by atoms with Crippen LogP contribution in [0.2, 0.25) is 0 Å². The smallest absolute Gasteiger partial charge is 0.329 e. The summed E-state index contributed by atoms with van der Waals surface area (Å²) in [5.74, 6) is 1.83. The van der Waals surface area contributed by atoms with Crippen LogP contribution in [0.4, 0.5) is 17.5 Å². The molecule has 0 saturated carbocycles. The fraction of sp³-hybridized carbons (Fsp3) is 0.600. The van der Waals surface area contributed by atoms with Gasteiger partial charge in [-0.15, -0.1) is 0 Å². The number of anilines is 2. The van der Waals surface area contributed by atoms with Crippen LogP contribution >= 0.6 is 11.8 Å². The summed E-state index contributed by atoms with van der Waals surface area (Å²) in [6.45, 7) is 0.700. The first kappa shape index (κ1) is 12.9. The van der Waals surface area contributed by atoms with Gasteiger partial charge in [0.05, 0.1) is 4.92 Å². The van der Waals surface area contributed by atoms with Crippen molar-refractivity contribution in [2.24, 2.45) is 0 Å². The average Bonchev–Trinajstić information content (AvgIpc) is 2.88. The molecule has 7 nitrogen and oxygen atoms in total. The van der Waals surface area contributed by atoms with Crippen molar-refractivity contribution in [2.45, 2.75) is 18.1 Å². The Bertz CT molecular complexity index is 436. The molecule has 98 valence electrons. The van der Waals surface area contributed by atoms with E-state index < -0.39 is 4.92 Å². The molecule has 0 aliphatic carbocycles. The van der Waals surface area contributed by atoms with Gasteiger partial charge in [0.2, 0.25) is 11.8 Å². The summed E-state index contributed by atoms with van der Waals surface area (Å²) in [7, 11) is 1.68. The lowest BCUT2D eigenvalue weighted by Crippen LogP contribution is -2.16. The van der Waals surface area contributed by atoms with Crippen molar-refractivity contribution in [3.8, 4) is 0 Å². The largest absolute Gasteiger partial charge is 0.363 e. The second-order valence-corrected chi connectivity index (χ2v) is 5.36. The van der Waals surface area contributed by atoms with Crippen LogP contribution in [-0.4, -0.2) is 39.5 Å². The molecule has 1 aliphatic heterocycles. The topological polar surface area (TPSA) is 93.0 Å². The van der Waals surface area contributed by atoms with Crippen molar-refractivity contribution in [3.63, 3.8) is 0 Å². The fourth-order valence-corrected chi connectivity index (χ4v) is 2.98. The van der Waals surface area contributed by atoms with Gasteiger partial charge < -0.3 is 10.6 Å². The minimum atomic E-state index is -0.469. The molecule has 0 spiro atoms. The van der Waals surface area contributed by atoms with E-state index in [1.807, 2.05) is 11.8 Å². The van der Waals surface area contributed by atoms with Crippen molar-refractivity contribution in [1.29, 1.82) is 0 Å². The Morgan fingerprint density at radius 2 is 2.50 bits per heavy atom. The van der Waals surface area contributed by atoms with E-state index in [0.29, 0.717) is 17.7 Å². The minimum absolute atomic E-state index is 0.0861. The number of hydrogen-bond donors (Lipinski definition) is 2. The molecule has 8 heteroatoms. The molecule has 2 rings (SSSR count). The second-order valence-electron chi connectivity index (χ2n) is 3.95. The Hall–Kier alpha value is -1.57. The standard InChI is InChI=1S/C10H15N5O2S/c1-11-10-13-6-8(15(16)17)9(14-10)12-5-7-3-2-4-18-7/h6-7H,2-5H2,1H3,(H2,11,12,13,14). The Morgan fingerprint density at radius 3 is 3.11 bits per heavy atom. The zero-order valence-corrected chi connectivity index (χ0v) is 10.9. The minimum Gasteiger partial charge on any atom is -0.363 e. The highest BCUT2D eigenvalue weighted by molar-refractivity contribution is 8.00. The first-order valence-corrected chi connectivity index (χ1v) is 6.80. The average molecular weight is 269 g/mol. The van der Waals surface area contributed by atoms with Gasteiger partial charge in [0, 0.05) is 18.8 Å². The van der Waals surface area contributed by atoms with Gasteiger partial charge in [0.15, 0.2) is 0 Å². The van der Waals surface area contributed by atoms with E-state index >= 15 is 0 Å². The second kappa shape index (κ2) is 5.85. The molecule has 0 aromatic carbocycles. The van der Waals surface area contributed by atoms with Crippen molar-refractivity contribution < 1.29 is 4.92 Å². The van der Waals surface area contributed by atoms with E-state index in [0.717, 1.165) is 6.42 Å². The molecule has 1 fully saturated rings. The lowest BCUT2D eigenvalue weighted by Gasteiger charge is -2.11. The molecule has 1 atom stereocenters. The van der Waals surface area contributed by atoms with E-state index in [-0.39, 0.29) is 11.5 Å². The van der Waals surface area contributed by atoms with E-state index in [9.17, 15) is 10.1 Å². The molecule has 0 radical (unpaired) electrons. The lowest BCUT2D eigenvalue weighted by molar-refractivity contribution is -0.384. The van der Waals surface area contributed by atoms with E-state index in [1.165, 1.54) is 18.4 Å². The van der Waals surface area contributed by atoms with Crippen molar-refractivity contribution in [3.05, 3.63) is 16.3 Å². The third-order valence-corrected chi connectivity index (χ3v) is 4.11. The number of nitrogens with zero attached hydrogens (tertiary/aromatic N) is 3. The Balaban J connectivity index is 2.10. The van der Waals surface area contributed by atoms with Crippen LogP contribution in [0.1, 0.15) is 12.8 Å². The molecule has 2 N–H and O–H groups in total. The first-order chi connectivity index (χ1) is 8.70. The molecule has 1 saturated heterocycles. The molecule has 1 aliphatic rings. The predicted molar refractivity (Wildman–Crippen MR) is 72.2 cm³/mol. The van der Waals surface area contributed by atoms with Gasteiger partial charge in [-0.25, -0.2) is 4.98 Å². The van der Waals surface area contributed by atoms with E-state index in [2.05, 4.69) is 20.6 Å². The number of nitrogens with one attached hydrogen (secondary N) is 2. The maximum Gasteiger partial charge on any atom is 0.329 e. The Kier molecular flexibility index (Phi) is 4.19. The number of aromatic nitrogens is 2. The Morgan fingerprint density at radius 1 is 1.67 bits per heavy atom. The number of thioether (sulfide) groups is 1. The predicted octanol–water partition coefficient (Wildman–Crippen LogP) is 1.73. The number of rotatable bonds is 5. The molecule has 1 unspecified atom stereocenters. The fourth-order valence-electron chi connectivity index (χ4n) is 1.78. The molecule has 0 amide bonds. The van der Waals surface area contributed by atoms with Gasteiger partial charge in [-0.05, 0) is 18.6 Å². The van der Waals surface area contributed by atoms with Crippen LogP contribution in [-0.2, 0) is 0 Å². The van der Waals surface area contributed by atoms with Crippen LogP contribution in [0.5, 0.6) is 0 Å². The summed E-state index contributed by atoms with van der Waals surface area (Å²) >= 11 is 1.89. The summed E-state index contributed by atoms with van der Waals surface area (Å²) in [5.41, 5.74) is -0.0861. The highest BCUT2D eigenvalue weighted by atomic mass is 32.2. The zero-order valence-electron chi connectivity index (χ0n) is 10.0. The summed E-state index contributed by atoms with van der Waals surface area (Å²) in [6.07, 6.45) is 3.59. The maximum absolute atomic E-state index is 10.9. The van der Waals surface area contributed by atoms with Crippen LogP contribution in [0.3, 0.4) is 0 Å².